The van der Waals surface area contributed by atoms with Gasteiger partial charge in [0.25, 0.3) is 0 Å². The Morgan fingerprint density at radius 3 is 2.57 bits per heavy atom. The number of aromatic nitrogens is 2. The number of ether oxygens (including phenoxy) is 1. The normalized spacial score (nSPS) is 19.2. The van der Waals surface area contributed by atoms with Gasteiger partial charge in [0.2, 0.25) is 0 Å². The molecule has 3 N–H and O–H groups in total. The standard InChI is InChI=1S/C28H27Cl2N3O4/c29-20-11-19(12-21(30)14-20)25(16-34)37-24-7-4-10-33(27(24)17-5-2-1-3-6-17)15-26-31-22-9-8-18(28(35)36)13-23(22)32-26/h1-3,5-6,8-9,11-14,24-25,27,34H,4,7,10,15-16H2,(H,31,32)(H,35,36)/t24-,25+,27-/m0/s1. The molecule has 0 saturated carbocycles. The number of H-pyrrole nitrogens is 1. The highest BCUT2D eigenvalue weighted by Crippen LogP contribution is 2.37. The van der Waals surface area contributed by atoms with E-state index in [2.05, 4.69) is 22.0 Å². The van der Waals surface area contributed by atoms with Crippen molar-refractivity contribution < 1.29 is 19.7 Å². The largest absolute Gasteiger partial charge is 0.478 e. The first-order chi connectivity index (χ1) is 17.9. The van der Waals surface area contributed by atoms with Gasteiger partial charge in [-0.25, -0.2) is 9.78 Å². The van der Waals surface area contributed by atoms with E-state index in [1.165, 1.54) is 0 Å². The number of carboxylic acid groups (broad SMARTS) is 1. The van der Waals surface area contributed by atoms with Crippen LogP contribution in [0.3, 0.4) is 0 Å². The van der Waals surface area contributed by atoms with Crippen LogP contribution in [-0.2, 0) is 11.3 Å². The molecule has 192 valence electrons. The van der Waals surface area contributed by atoms with Gasteiger partial charge in [0.1, 0.15) is 11.9 Å². The Balaban J connectivity index is 1.44. The molecular formula is C28H27Cl2N3O4. The SMILES string of the molecule is O=C(O)c1ccc2nc(CN3CCC[C@H](O[C@H](CO)c4cc(Cl)cc(Cl)c4)[C@@H]3c3ccccc3)[nH]c2c1. The number of piperidine rings is 1. The lowest BCUT2D eigenvalue weighted by molar-refractivity contribution is -0.101. The molecule has 3 atom stereocenters. The summed E-state index contributed by atoms with van der Waals surface area (Å²) >= 11 is 12.4. The predicted octanol–water partition coefficient (Wildman–Crippen LogP) is 6.02. The van der Waals surface area contributed by atoms with Crippen molar-refractivity contribution in [1.29, 1.82) is 0 Å². The minimum atomic E-state index is -0.974. The minimum absolute atomic E-state index is 0.0820. The number of aromatic carboxylic acids is 1. The van der Waals surface area contributed by atoms with Crippen LogP contribution in [0.4, 0.5) is 0 Å². The second-order valence-electron chi connectivity index (χ2n) is 9.24. The van der Waals surface area contributed by atoms with Crippen molar-refractivity contribution in [2.75, 3.05) is 13.2 Å². The maximum absolute atomic E-state index is 11.4. The number of carboxylic acids is 1. The molecule has 7 nitrogen and oxygen atoms in total. The second kappa shape index (κ2) is 11.2. The average molecular weight is 540 g/mol. The number of fused-ring (bicyclic) bond motifs is 1. The fourth-order valence-corrected chi connectivity index (χ4v) is 5.63. The Morgan fingerprint density at radius 2 is 1.86 bits per heavy atom. The molecule has 0 radical (unpaired) electrons. The molecule has 1 fully saturated rings. The Hall–Kier alpha value is -2.94. The molecule has 0 unspecified atom stereocenters. The van der Waals surface area contributed by atoms with Gasteiger partial charge >= 0.3 is 5.97 Å². The fraction of sp³-hybridized carbons (Fsp3) is 0.286. The highest BCUT2D eigenvalue weighted by Gasteiger charge is 2.35. The van der Waals surface area contributed by atoms with Crippen LogP contribution in [0, 0.1) is 0 Å². The van der Waals surface area contributed by atoms with Gasteiger partial charge in [-0.05, 0) is 66.9 Å². The zero-order valence-corrected chi connectivity index (χ0v) is 21.5. The number of rotatable bonds is 8. The van der Waals surface area contributed by atoms with Crippen LogP contribution in [0.15, 0.2) is 66.7 Å². The molecule has 1 aliphatic heterocycles. The third kappa shape index (κ3) is 5.81. The topological polar surface area (TPSA) is 98.7 Å². The van der Waals surface area contributed by atoms with Crippen LogP contribution in [0.2, 0.25) is 10.0 Å². The lowest BCUT2D eigenvalue weighted by Crippen LogP contribution is -2.43. The molecule has 1 aliphatic rings. The van der Waals surface area contributed by atoms with Crippen molar-refractivity contribution in [2.24, 2.45) is 0 Å². The Kier molecular flexibility index (Phi) is 7.79. The molecule has 0 spiro atoms. The van der Waals surface area contributed by atoms with Gasteiger partial charge in [-0.3, -0.25) is 4.90 Å². The first kappa shape index (κ1) is 25.7. The van der Waals surface area contributed by atoms with Gasteiger partial charge in [-0.1, -0.05) is 53.5 Å². The van der Waals surface area contributed by atoms with Crippen LogP contribution < -0.4 is 0 Å². The molecular weight excluding hydrogens is 513 g/mol. The molecule has 1 saturated heterocycles. The van der Waals surface area contributed by atoms with E-state index in [0.29, 0.717) is 22.1 Å². The van der Waals surface area contributed by atoms with E-state index in [1.54, 1.807) is 36.4 Å². The number of likely N-dealkylation sites (tertiary alicyclic amines) is 1. The third-order valence-corrected chi connectivity index (χ3v) is 7.15. The van der Waals surface area contributed by atoms with Crippen LogP contribution >= 0.6 is 23.2 Å². The lowest BCUT2D eigenvalue weighted by atomic mass is 9.91. The summed E-state index contributed by atoms with van der Waals surface area (Å²) in [7, 11) is 0. The molecule has 4 aromatic rings. The summed E-state index contributed by atoms with van der Waals surface area (Å²) in [5.41, 5.74) is 3.47. The summed E-state index contributed by atoms with van der Waals surface area (Å²) in [5, 5.41) is 20.5. The number of hydrogen-bond acceptors (Lipinski definition) is 5. The number of carbonyl (C=O) groups is 1. The van der Waals surface area contributed by atoms with E-state index in [1.807, 2.05) is 18.2 Å². The summed E-state index contributed by atoms with van der Waals surface area (Å²) in [6.45, 7) is 1.16. The smallest absolute Gasteiger partial charge is 0.335 e. The Bertz CT molecular complexity index is 1370. The number of nitrogens with zero attached hydrogens (tertiary/aromatic N) is 2. The van der Waals surface area contributed by atoms with E-state index in [-0.39, 0.29) is 24.3 Å². The highest BCUT2D eigenvalue weighted by molar-refractivity contribution is 6.34. The van der Waals surface area contributed by atoms with Gasteiger partial charge in [0, 0.05) is 10.0 Å². The van der Waals surface area contributed by atoms with Crippen molar-refractivity contribution >= 4 is 40.2 Å². The summed E-state index contributed by atoms with van der Waals surface area (Å²) in [6.07, 6.45) is 0.955. The molecule has 5 rings (SSSR count). The highest BCUT2D eigenvalue weighted by atomic mass is 35.5. The van der Waals surface area contributed by atoms with Crippen molar-refractivity contribution in [3.05, 3.63) is 99.3 Å². The monoisotopic (exact) mass is 539 g/mol. The molecule has 0 bridgehead atoms. The summed E-state index contributed by atoms with van der Waals surface area (Å²) in [5.74, 6) is -0.225. The molecule has 9 heteroatoms. The van der Waals surface area contributed by atoms with Crippen molar-refractivity contribution in [3.63, 3.8) is 0 Å². The predicted molar refractivity (Wildman–Crippen MR) is 143 cm³/mol. The maximum Gasteiger partial charge on any atom is 0.335 e. The molecule has 37 heavy (non-hydrogen) atoms. The van der Waals surface area contributed by atoms with Gasteiger partial charge in [-0.15, -0.1) is 0 Å². The van der Waals surface area contributed by atoms with Crippen molar-refractivity contribution in [1.82, 2.24) is 14.9 Å². The zero-order chi connectivity index (χ0) is 25.9. The maximum atomic E-state index is 11.4. The average Bonchev–Trinajstić information content (AvgIpc) is 3.28. The van der Waals surface area contributed by atoms with E-state index in [4.69, 9.17) is 32.9 Å². The summed E-state index contributed by atoms with van der Waals surface area (Å²) < 4.78 is 6.57. The van der Waals surface area contributed by atoms with Crippen LogP contribution in [-0.4, -0.2) is 50.3 Å². The number of hydrogen-bond donors (Lipinski definition) is 3. The van der Waals surface area contributed by atoms with E-state index < -0.39 is 12.1 Å². The second-order valence-corrected chi connectivity index (χ2v) is 10.1. The van der Waals surface area contributed by atoms with Gasteiger partial charge < -0.3 is 19.9 Å². The van der Waals surface area contributed by atoms with E-state index >= 15 is 0 Å². The quantitative estimate of drug-likeness (QED) is 0.253. The van der Waals surface area contributed by atoms with Gasteiger partial charge in [0.05, 0.1) is 41.9 Å². The number of aliphatic hydroxyl groups is 1. The number of aliphatic hydroxyl groups excluding tert-OH is 1. The third-order valence-electron chi connectivity index (χ3n) is 6.71. The summed E-state index contributed by atoms with van der Waals surface area (Å²) in [4.78, 5) is 21.7. The van der Waals surface area contributed by atoms with Gasteiger partial charge in [-0.2, -0.15) is 0 Å². The number of benzene rings is 3. The van der Waals surface area contributed by atoms with E-state index in [9.17, 15) is 15.0 Å². The van der Waals surface area contributed by atoms with Crippen LogP contribution in [0.5, 0.6) is 0 Å². The van der Waals surface area contributed by atoms with Crippen molar-refractivity contribution in [3.8, 4) is 0 Å². The Morgan fingerprint density at radius 1 is 1.11 bits per heavy atom. The first-order valence-corrected chi connectivity index (χ1v) is 12.9. The molecule has 3 aromatic carbocycles. The number of aromatic amines is 1. The first-order valence-electron chi connectivity index (χ1n) is 12.1. The van der Waals surface area contributed by atoms with Crippen molar-refractivity contribution in [2.45, 2.75) is 37.6 Å². The van der Waals surface area contributed by atoms with Crippen LogP contribution in [0.1, 0.15) is 52.3 Å². The molecule has 1 aromatic heterocycles. The van der Waals surface area contributed by atoms with Crippen LogP contribution in [0.25, 0.3) is 11.0 Å². The molecule has 2 heterocycles. The molecule has 0 amide bonds. The minimum Gasteiger partial charge on any atom is -0.478 e. The number of imidazole rings is 1. The number of nitrogens with one attached hydrogen (secondary N) is 1. The Labute approximate surface area is 224 Å². The van der Waals surface area contributed by atoms with Gasteiger partial charge in [0.15, 0.2) is 0 Å². The fourth-order valence-electron chi connectivity index (χ4n) is 5.09. The summed E-state index contributed by atoms with van der Waals surface area (Å²) in [6, 6.07) is 20.2. The molecule has 0 aliphatic carbocycles. The number of halogens is 2. The zero-order valence-electron chi connectivity index (χ0n) is 20.0. The lowest BCUT2D eigenvalue weighted by Gasteiger charge is -2.42. The van der Waals surface area contributed by atoms with E-state index in [0.717, 1.165) is 41.9 Å².